The van der Waals surface area contributed by atoms with Gasteiger partial charge >= 0.3 is 0 Å². The largest absolute Gasteiger partial charge is 0.505 e. The Morgan fingerprint density at radius 2 is 2.03 bits per heavy atom. The molecule has 1 fully saturated rings. The molecule has 1 aliphatic carbocycles. The molecule has 2 aromatic carbocycles. The first kappa shape index (κ1) is 24.0. The van der Waals surface area contributed by atoms with Crippen LogP contribution in [0.3, 0.4) is 0 Å². The number of halogens is 3. The minimum absolute atomic E-state index is 0.103. The van der Waals surface area contributed by atoms with Crippen LogP contribution in [0.1, 0.15) is 30.4 Å². The van der Waals surface area contributed by atoms with Crippen molar-refractivity contribution in [1.82, 2.24) is 9.61 Å². The molecule has 0 saturated heterocycles. The van der Waals surface area contributed by atoms with Crippen molar-refractivity contribution in [2.75, 3.05) is 5.32 Å². The number of aromatic hydroxyl groups is 1. The van der Waals surface area contributed by atoms with E-state index in [1.54, 1.807) is 23.8 Å². The van der Waals surface area contributed by atoms with Crippen LogP contribution >= 0.6 is 11.6 Å². The van der Waals surface area contributed by atoms with Crippen LogP contribution < -0.4 is 16.8 Å². The molecule has 5 rings (SSSR count). The molecular formula is C26H25ClF2N6O. The molecule has 10 heteroatoms. The molecular weight excluding hydrogens is 486 g/mol. The summed E-state index contributed by atoms with van der Waals surface area (Å²) in [5, 5.41) is 18.0. The van der Waals surface area contributed by atoms with E-state index >= 15 is 0 Å². The Hall–Kier alpha value is -3.69. The molecule has 4 aromatic rings. The molecule has 7 nitrogen and oxygen atoms in total. The number of fused-ring (bicyclic) bond motifs is 1. The second-order valence-corrected chi connectivity index (χ2v) is 9.52. The highest BCUT2D eigenvalue weighted by atomic mass is 35.5. The van der Waals surface area contributed by atoms with E-state index in [0.717, 1.165) is 19.3 Å². The first-order valence-electron chi connectivity index (χ1n) is 11.5. The molecule has 2 heterocycles. The third kappa shape index (κ3) is 4.59. The van der Waals surface area contributed by atoms with Gasteiger partial charge in [0.15, 0.2) is 11.6 Å². The van der Waals surface area contributed by atoms with Crippen LogP contribution in [0.5, 0.6) is 5.75 Å². The average Bonchev–Trinajstić information content (AvgIpc) is 3.45. The van der Waals surface area contributed by atoms with Crippen molar-refractivity contribution in [1.29, 1.82) is 0 Å². The second kappa shape index (κ2) is 9.40. The lowest BCUT2D eigenvalue weighted by atomic mass is 10.0. The Balaban J connectivity index is 1.65. The lowest BCUT2D eigenvalue weighted by Crippen LogP contribution is -2.24. The van der Waals surface area contributed by atoms with E-state index in [1.807, 2.05) is 6.07 Å². The van der Waals surface area contributed by atoms with Gasteiger partial charge in [-0.2, -0.15) is 5.10 Å². The summed E-state index contributed by atoms with van der Waals surface area (Å²) < 4.78 is 29.6. The summed E-state index contributed by atoms with van der Waals surface area (Å²) in [5.41, 5.74) is 16.7. The van der Waals surface area contributed by atoms with Crippen LogP contribution in [0.4, 0.5) is 20.2 Å². The molecule has 0 aliphatic heterocycles. The lowest BCUT2D eigenvalue weighted by Gasteiger charge is -2.18. The molecule has 0 spiro atoms. The molecule has 0 radical (unpaired) electrons. The van der Waals surface area contributed by atoms with Crippen molar-refractivity contribution in [3.63, 3.8) is 0 Å². The van der Waals surface area contributed by atoms with Crippen molar-refractivity contribution in [2.45, 2.75) is 38.3 Å². The molecule has 0 bridgehead atoms. The van der Waals surface area contributed by atoms with Gasteiger partial charge in [0.25, 0.3) is 0 Å². The van der Waals surface area contributed by atoms with E-state index in [1.165, 1.54) is 30.3 Å². The van der Waals surface area contributed by atoms with Crippen molar-refractivity contribution in [2.24, 2.45) is 16.5 Å². The van der Waals surface area contributed by atoms with Crippen LogP contribution in [0.25, 0.3) is 16.6 Å². The number of amidine groups is 1. The number of hydrogen-bond acceptors (Lipinski definition) is 5. The van der Waals surface area contributed by atoms with E-state index in [-0.39, 0.29) is 28.6 Å². The number of hydrogen-bond donors (Lipinski definition) is 4. The third-order valence-corrected chi connectivity index (χ3v) is 6.81. The zero-order valence-corrected chi connectivity index (χ0v) is 20.2. The van der Waals surface area contributed by atoms with Gasteiger partial charge in [-0.1, -0.05) is 11.6 Å². The minimum atomic E-state index is -0.707. The summed E-state index contributed by atoms with van der Waals surface area (Å²) in [4.78, 5) is 4.38. The third-order valence-electron chi connectivity index (χ3n) is 6.49. The van der Waals surface area contributed by atoms with Gasteiger partial charge in [-0.15, -0.1) is 0 Å². The highest BCUT2D eigenvalue weighted by Crippen LogP contribution is 2.35. The van der Waals surface area contributed by atoms with E-state index in [0.29, 0.717) is 33.5 Å². The molecule has 1 aliphatic rings. The summed E-state index contributed by atoms with van der Waals surface area (Å²) in [5.74, 6) is -1.48. The fourth-order valence-electron chi connectivity index (χ4n) is 4.64. The molecule has 6 N–H and O–H groups in total. The van der Waals surface area contributed by atoms with Crippen molar-refractivity contribution < 1.29 is 13.9 Å². The van der Waals surface area contributed by atoms with Gasteiger partial charge in [0.1, 0.15) is 11.7 Å². The van der Waals surface area contributed by atoms with Crippen LogP contribution in [0.2, 0.25) is 5.02 Å². The molecule has 0 amide bonds. The number of rotatable bonds is 5. The smallest absolute Gasteiger partial charge is 0.165 e. The summed E-state index contributed by atoms with van der Waals surface area (Å²) in [6.45, 7) is 1.79. The molecule has 2 unspecified atom stereocenters. The maximum Gasteiger partial charge on any atom is 0.165 e. The molecule has 1 saturated carbocycles. The molecule has 186 valence electrons. The fourth-order valence-corrected chi connectivity index (χ4v) is 4.80. The predicted molar refractivity (Wildman–Crippen MR) is 138 cm³/mol. The number of anilines is 1. The highest BCUT2D eigenvalue weighted by molar-refractivity contribution is 6.33. The van der Waals surface area contributed by atoms with Crippen LogP contribution in [0.15, 0.2) is 53.8 Å². The summed E-state index contributed by atoms with van der Waals surface area (Å²) in [7, 11) is 0. The van der Waals surface area contributed by atoms with E-state index < -0.39 is 17.4 Å². The monoisotopic (exact) mass is 510 g/mol. The summed E-state index contributed by atoms with van der Waals surface area (Å²) >= 11 is 6.20. The number of aromatic nitrogens is 2. The van der Waals surface area contributed by atoms with Gasteiger partial charge < -0.3 is 21.9 Å². The van der Waals surface area contributed by atoms with Gasteiger partial charge in [-0.05, 0) is 67.6 Å². The van der Waals surface area contributed by atoms with E-state index in [4.69, 9.17) is 23.1 Å². The van der Waals surface area contributed by atoms with Gasteiger partial charge in [0, 0.05) is 29.9 Å². The second-order valence-electron chi connectivity index (χ2n) is 9.12. The Morgan fingerprint density at radius 3 is 2.78 bits per heavy atom. The predicted octanol–water partition coefficient (Wildman–Crippen LogP) is 5.28. The van der Waals surface area contributed by atoms with Crippen molar-refractivity contribution in [3.05, 3.63) is 76.6 Å². The zero-order valence-electron chi connectivity index (χ0n) is 19.5. The quantitative estimate of drug-likeness (QED) is 0.215. The van der Waals surface area contributed by atoms with Gasteiger partial charge in [0.2, 0.25) is 0 Å². The number of nitrogens with zero attached hydrogens (tertiary/aromatic N) is 3. The number of aryl methyl sites for hydroxylation is 1. The van der Waals surface area contributed by atoms with Crippen LogP contribution in [-0.4, -0.2) is 32.6 Å². The average molecular weight is 511 g/mol. The van der Waals surface area contributed by atoms with E-state index in [2.05, 4.69) is 15.4 Å². The zero-order chi connectivity index (χ0) is 25.6. The topological polar surface area (TPSA) is 114 Å². The maximum absolute atomic E-state index is 14.2. The lowest BCUT2D eigenvalue weighted by molar-refractivity contribution is 0.432. The Bertz CT molecular complexity index is 1500. The van der Waals surface area contributed by atoms with E-state index in [9.17, 15) is 13.9 Å². The highest BCUT2D eigenvalue weighted by Gasteiger charge is 2.25. The number of aliphatic imine (C=N–C) groups is 1. The SMILES string of the molecule is Cc1cc(O)c(F)cc1-c1cc2c(NC3CCC(N)C3)c(C(N)=Nc3cc(F)ccc3Cl)cnn2c1. The minimum Gasteiger partial charge on any atom is -0.505 e. The first-order chi connectivity index (χ1) is 17.2. The standard InChI is InChI=1S/C26H25ClF2N6O/c1-13-6-24(36)21(29)10-18(13)14-7-23-25(33-17-4-3-16(30)9-17)19(11-32-35(23)12-14)26(31)34-22-8-15(28)2-5-20(22)27/h2,5-8,10-12,16-17,33,36H,3-4,9,30H2,1H3,(H2,31,34). The molecule has 2 atom stereocenters. The van der Waals surface area contributed by atoms with Crippen molar-refractivity contribution >= 4 is 34.3 Å². The Morgan fingerprint density at radius 1 is 1.22 bits per heavy atom. The molecule has 2 aromatic heterocycles. The maximum atomic E-state index is 14.2. The normalized spacial score (nSPS) is 18.2. The first-order valence-corrected chi connectivity index (χ1v) is 11.9. The van der Waals surface area contributed by atoms with Gasteiger partial charge in [0.05, 0.1) is 33.7 Å². The van der Waals surface area contributed by atoms with Crippen molar-refractivity contribution in [3.8, 4) is 16.9 Å². The number of phenols is 1. The number of nitrogens with two attached hydrogens (primary N) is 2. The summed E-state index contributed by atoms with van der Waals surface area (Å²) in [6.07, 6.45) is 5.92. The number of nitrogens with one attached hydrogen (secondary N) is 1. The molecule has 36 heavy (non-hydrogen) atoms. The summed E-state index contributed by atoms with van der Waals surface area (Å²) in [6, 6.07) is 8.65. The number of phenolic OH excluding ortho intramolecular Hbond substituents is 1. The fraction of sp³-hybridized carbons (Fsp3) is 0.231. The Labute approximate surface area is 211 Å². The van der Waals surface area contributed by atoms with Crippen LogP contribution in [-0.2, 0) is 0 Å². The van der Waals surface area contributed by atoms with Crippen LogP contribution in [0, 0.1) is 18.6 Å². The Kier molecular flexibility index (Phi) is 6.27. The number of benzene rings is 2. The van der Waals surface area contributed by atoms with Gasteiger partial charge in [-0.25, -0.2) is 18.3 Å². The van der Waals surface area contributed by atoms with Gasteiger partial charge in [-0.3, -0.25) is 0 Å².